The second-order valence-electron chi connectivity index (χ2n) is 9.35. The van der Waals surface area contributed by atoms with Crippen LogP contribution in [0.4, 0.5) is 15.4 Å². The Balaban J connectivity index is 1.48. The maximum atomic E-state index is 12.4. The van der Waals surface area contributed by atoms with E-state index in [9.17, 15) is 14.4 Å². The predicted octanol–water partition coefficient (Wildman–Crippen LogP) is 2.97. The number of amides is 3. The minimum absolute atomic E-state index is 0.295. The molecule has 31 heavy (non-hydrogen) atoms. The summed E-state index contributed by atoms with van der Waals surface area (Å²) in [7, 11) is 0. The number of fused-ring (bicyclic) bond motifs is 1. The summed E-state index contributed by atoms with van der Waals surface area (Å²) in [4.78, 5) is 40.3. The lowest BCUT2D eigenvalue weighted by Gasteiger charge is -2.29. The molecule has 1 aliphatic carbocycles. The average Bonchev–Trinajstić information content (AvgIpc) is 3.12. The number of H-pyrrole nitrogens is 1. The van der Waals surface area contributed by atoms with Crippen molar-refractivity contribution < 1.29 is 19.1 Å². The summed E-state index contributed by atoms with van der Waals surface area (Å²) in [5.41, 5.74) is 1.17. The number of aliphatic imine (C=N–C) groups is 1. The summed E-state index contributed by atoms with van der Waals surface area (Å²) in [5.74, 6) is 1.26. The van der Waals surface area contributed by atoms with Crippen LogP contribution < -0.4 is 10.6 Å². The Morgan fingerprint density at radius 1 is 1.32 bits per heavy atom. The largest absolute Gasteiger partial charge is 0.444 e. The zero-order valence-corrected chi connectivity index (χ0v) is 18.5. The van der Waals surface area contributed by atoms with Gasteiger partial charge in [-0.2, -0.15) is 5.10 Å². The number of anilines is 1. The van der Waals surface area contributed by atoms with Crippen molar-refractivity contribution >= 4 is 24.0 Å². The predicted molar refractivity (Wildman–Crippen MR) is 114 cm³/mol. The van der Waals surface area contributed by atoms with Crippen LogP contribution in [0, 0.1) is 11.8 Å². The smallest absolute Gasteiger partial charge is 0.410 e. The lowest BCUT2D eigenvalue weighted by Crippen LogP contribution is -2.40. The van der Waals surface area contributed by atoms with Gasteiger partial charge in [0, 0.05) is 18.7 Å². The van der Waals surface area contributed by atoms with Crippen LogP contribution in [0.25, 0.3) is 0 Å². The molecule has 170 valence electrons. The fourth-order valence-corrected chi connectivity index (χ4v) is 4.21. The summed E-state index contributed by atoms with van der Waals surface area (Å²) < 4.78 is 5.43. The van der Waals surface area contributed by atoms with E-state index in [2.05, 4.69) is 25.8 Å². The molecule has 10 nitrogen and oxygen atoms in total. The Morgan fingerprint density at radius 3 is 2.84 bits per heavy atom. The van der Waals surface area contributed by atoms with Crippen LogP contribution in [-0.4, -0.2) is 58.5 Å². The molecule has 1 aromatic heterocycles. The van der Waals surface area contributed by atoms with E-state index >= 15 is 0 Å². The number of ether oxygens (including phenoxy) is 1. The lowest BCUT2D eigenvalue weighted by atomic mass is 9.81. The third-order valence-electron chi connectivity index (χ3n) is 5.67. The number of isocyanates is 1. The maximum absolute atomic E-state index is 12.4. The summed E-state index contributed by atoms with van der Waals surface area (Å²) in [5, 5.41) is 12.9. The van der Waals surface area contributed by atoms with Gasteiger partial charge in [0.05, 0.1) is 18.8 Å². The zero-order valence-electron chi connectivity index (χ0n) is 18.5. The molecule has 0 radical (unpaired) electrons. The van der Waals surface area contributed by atoms with Gasteiger partial charge in [0.15, 0.2) is 5.82 Å². The second-order valence-corrected chi connectivity index (χ2v) is 9.35. The SMILES string of the molecule is CC(C)(C)OC(=O)N1CCc2c(NC(=O)NCC3CCCC(CN=C=O)C3)n[nH]c2C1. The molecule has 0 spiro atoms. The van der Waals surface area contributed by atoms with Gasteiger partial charge in [-0.1, -0.05) is 6.42 Å². The maximum Gasteiger partial charge on any atom is 0.410 e. The molecular weight excluding hydrogens is 400 g/mol. The topological polar surface area (TPSA) is 129 Å². The van der Waals surface area contributed by atoms with Crippen LogP contribution in [0.5, 0.6) is 0 Å². The molecule has 0 saturated heterocycles. The van der Waals surface area contributed by atoms with Crippen molar-refractivity contribution in [2.75, 3.05) is 25.0 Å². The van der Waals surface area contributed by atoms with Crippen molar-refractivity contribution in [3.05, 3.63) is 11.3 Å². The third kappa shape index (κ3) is 6.55. The number of carbonyl (C=O) groups is 2. The number of rotatable bonds is 5. The number of nitrogens with zero attached hydrogens (tertiary/aromatic N) is 3. The van der Waals surface area contributed by atoms with Crippen LogP contribution in [0.3, 0.4) is 0 Å². The molecule has 1 aliphatic heterocycles. The standard InChI is InChI=1S/C21H32N6O4/c1-21(2,3)31-20(30)27-8-7-16-17(12-27)25-26-18(16)24-19(29)23-11-15-6-4-5-14(9-15)10-22-13-28/h14-15H,4-12H2,1-3H3,(H3,23,24,25,26,29). The van der Waals surface area contributed by atoms with Gasteiger partial charge in [0.1, 0.15) is 5.60 Å². The number of urea groups is 1. The average molecular weight is 433 g/mol. The van der Waals surface area contributed by atoms with Gasteiger partial charge >= 0.3 is 12.1 Å². The van der Waals surface area contributed by atoms with Crippen LogP contribution in [0.15, 0.2) is 4.99 Å². The fraction of sp³-hybridized carbons (Fsp3) is 0.714. The van der Waals surface area contributed by atoms with E-state index in [1.807, 2.05) is 20.8 Å². The highest BCUT2D eigenvalue weighted by molar-refractivity contribution is 5.89. The Kier molecular flexibility index (Phi) is 7.33. The highest BCUT2D eigenvalue weighted by Gasteiger charge is 2.29. The summed E-state index contributed by atoms with van der Waals surface area (Å²) in [6.45, 7) is 7.48. The Hall–Kier alpha value is -2.87. The molecule has 2 heterocycles. The summed E-state index contributed by atoms with van der Waals surface area (Å²) in [6.07, 6.45) is 5.98. The number of hydrogen-bond acceptors (Lipinski definition) is 6. The number of aromatic amines is 1. The number of aromatic nitrogens is 2. The molecule has 1 fully saturated rings. The molecule has 0 bridgehead atoms. The van der Waals surface area contributed by atoms with Crippen molar-refractivity contribution in [3.63, 3.8) is 0 Å². The minimum Gasteiger partial charge on any atom is -0.444 e. The second kappa shape index (κ2) is 9.96. The first-order valence-corrected chi connectivity index (χ1v) is 10.9. The van der Waals surface area contributed by atoms with E-state index in [0.717, 1.165) is 36.9 Å². The molecule has 1 aromatic rings. The first kappa shape index (κ1) is 22.8. The minimum atomic E-state index is -0.545. The lowest BCUT2D eigenvalue weighted by molar-refractivity contribution is 0.0221. The van der Waals surface area contributed by atoms with Crippen molar-refractivity contribution in [1.29, 1.82) is 0 Å². The van der Waals surface area contributed by atoms with Crippen LogP contribution in [-0.2, 0) is 22.5 Å². The highest BCUT2D eigenvalue weighted by Crippen LogP contribution is 2.29. The van der Waals surface area contributed by atoms with E-state index in [1.54, 1.807) is 11.0 Å². The van der Waals surface area contributed by atoms with Crippen molar-refractivity contribution in [3.8, 4) is 0 Å². The number of carbonyl (C=O) groups excluding carboxylic acids is 3. The molecular formula is C21H32N6O4. The van der Waals surface area contributed by atoms with Crippen molar-refractivity contribution in [1.82, 2.24) is 20.4 Å². The number of nitrogens with one attached hydrogen (secondary N) is 3. The molecule has 3 amide bonds. The Morgan fingerprint density at radius 2 is 2.10 bits per heavy atom. The Bertz CT molecular complexity index is 839. The summed E-state index contributed by atoms with van der Waals surface area (Å²) >= 11 is 0. The normalized spacial score (nSPS) is 20.9. The van der Waals surface area contributed by atoms with E-state index in [1.165, 1.54) is 0 Å². The van der Waals surface area contributed by atoms with Crippen LogP contribution >= 0.6 is 0 Å². The molecule has 1 saturated carbocycles. The molecule has 0 aromatic carbocycles. The fourth-order valence-electron chi connectivity index (χ4n) is 4.21. The highest BCUT2D eigenvalue weighted by atomic mass is 16.6. The van der Waals surface area contributed by atoms with Gasteiger partial charge in [-0.05, 0) is 58.3 Å². The van der Waals surface area contributed by atoms with Gasteiger partial charge < -0.3 is 15.0 Å². The zero-order chi connectivity index (χ0) is 22.4. The van der Waals surface area contributed by atoms with Crippen LogP contribution in [0.2, 0.25) is 0 Å². The molecule has 2 aliphatic rings. The first-order valence-electron chi connectivity index (χ1n) is 10.9. The third-order valence-corrected chi connectivity index (χ3v) is 5.67. The molecule has 10 heteroatoms. The molecule has 3 rings (SSSR count). The first-order chi connectivity index (χ1) is 14.7. The Labute approximate surface area is 182 Å². The van der Waals surface area contributed by atoms with Gasteiger partial charge in [-0.25, -0.2) is 19.4 Å². The van der Waals surface area contributed by atoms with Gasteiger partial charge in [-0.15, -0.1) is 0 Å². The van der Waals surface area contributed by atoms with Crippen molar-refractivity contribution in [2.45, 2.75) is 65.0 Å². The van der Waals surface area contributed by atoms with E-state index < -0.39 is 5.60 Å². The van der Waals surface area contributed by atoms with Gasteiger partial charge in [0.2, 0.25) is 6.08 Å². The van der Waals surface area contributed by atoms with Gasteiger partial charge in [0.25, 0.3) is 0 Å². The van der Waals surface area contributed by atoms with Crippen LogP contribution in [0.1, 0.15) is 57.7 Å². The quantitative estimate of drug-likeness (QED) is 0.487. The van der Waals surface area contributed by atoms with E-state index in [-0.39, 0.29) is 12.1 Å². The molecule has 2 atom stereocenters. The van der Waals surface area contributed by atoms with Crippen molar-refractivity contribution in [2.24, 2.45) is 16.8 Å². The van der Waals surface area contributed by atoms with E-state index in [4.69, 9.17) is 4.74 Å². The summed E-state index contributed by atoms with van der Waals surface area (Å²) in [6, 6.07) is -0.295. The van der Waals surface area contributed by atoms with E-state index in [0.29, 0.717) is 50.3 Å². The van der Waals surface area contributed by atoms with Gasteiger partial charge in [-0.3, -0.25) is 10.4 Å². The monoisotopic (exact) mass is 432 g/mol. The number of hydrogen-bond donors (Lipinski definition) is 3. The molecule has 3 N–H and O–H groups in total. The molecule has 2 unspecified atom stereocenters.